The zero-order chi connectivity index (χ0) is 19.2. The van der Waals surface area contributed by atoms with Crippen LogP contribution in [0.4, 0.5) is 4.79 Å². The Kier molecular flexibility index (Phi) is 4.80. The van der Waals surface area contributed by atoms with Crippen molar-refractivity contribution in [2.24, 2.45) is 11.3 Å². The van der Waals surface area contributed by atoms with Gasteiger partial charge in [0, 0.05) is 35.1 Å². The van der Waals surface area contributed by atoms with Crippen molar-refractivity contribution in [2.75, 3.05) is 13.1 Å². The number of rotatable bonds is 4. The van der Waals surface area contributed by atoms with Gasteiger partial charge in [-0.05, 0) is 49.1 Å². The number of nitrogens with one attached hydrogen (secondary N) is 2. The van der Waals surface area contributed by atoms with Gasteiger partial charge in [-0.25, -0.2) is 4.79 Å². The number of halogens is 1. The number of aromatic amines is 1. The Hall–Kier alpha value is -1.79. The Balaban J connectivity index is 1.47. The number of hydrogen-bond donors (Lipinski definition) is 3. The molecule has 0 bridgehead atoms. The first-order chi connectivity index (χ1) is 12.9. The monoisotopic (exact) mass is 390 g/mol. The summed E-state index contributed by atoms with van der Waals surface area (Å²) in [6.45, 7) is 5.67. The summed E-state index contributed by atoms with van der Waals surface area (Å²) in [4.78, 5) is 14.2. The SMILES string of the molecule is CC(C)(C1CCN(C(=O)NC2CC2)CC1)C(O)c1cc(Cl)cc2cn[nH]c12. The highest BCUT2D eigenvalue weighted by molar-refractivity contribution is 6.31. The lowest BCUT2D eigenvalue weighted by Gasteiger charge is -2.43. The highest BCUT2D eigenvalue weighted by Gasteiger charge is 2.40. The molecular formula is C20H27ClN4O2. The van der Waals surface area contributed by atoms with E-state index in [1.54, 1.807) is 6.20 Å². The van der Waals surface area contributed by atoms with E-state index in [-0.39, 0.29) is 11.4 Å². The molecule has 3 N–H and O–H groups in total. The van der Waals surface area contributed by atoms with E-state index in [0.29, 0.717) is 17.0 Å². The molecule has 2 heterocycles. The minimum atomic E-state index is -0.670. The molecule has 0 spiro atoms. The Morgan fingerprint density at radius 1 is 1.33 bits per heavy atom. The lowest BCUT2D eigenvalue weighted by molar-refractivity contribution is -0.0143. The maximum atomic E-state index is 12.3. The van der Waals surface area contributed by atoms with Crippen molar-refractivity contribution in [3.05, 3.63) is 28.9 Å². The average molecular weight is 391 g/mol. The fourth-order valence-electron chi connectivity index (χ4n) is 4.21. The molecule has 27 heavy (non-hydrogen) atoms. The Labute approximate surface area is 164 Å². The normalized spacial score (nSPS) is 20.1. The molecule has 1 atom stereocenters. The summed E-state index contributed by atoms with van der Waals surface area (Å²) in [6.07, 6.45) is 5.02. The van der Waals surface area contributed by atoms with Gasteiger partial charge in [0.1, 0.15) is 0 Å². The van der Waals surface area contributed by atoms with Gasteiger partial charge in [0.25, 0.3) is 0 Å². The van der Waals surface area contributed by atoms with Gasteiger partial charge in [0.05, 0.1) is 17.8 Å². The van der Waals surface area contributed by atoms with Crippen LogP contribution in [0.5, 0.6) is 0 Å². The van der Waals surface area contributed by atoms with E-state index in [0.717, 1.165) is 55.2 Å². The molecule has 1 unspecified atom stereocenters. The highest BCUT2D eigenvalue weighted by Crippen LogP contribution is 2.46. The minimum Gasteiger partial charge on any atom is -0.388 e. The third-order valence-corrected chi connectivity index (χ3v) is 6.50. The Morgan fingerprint density at radius 3 is 2.70 bits per heavy atom. The number of benzene rings is 1. The largest absolute Gasteiger partial charge is 0.388 e. The molecule has 1 saturated heterocycles. The van der Waals surface area contributed by atoms with E-state index in [2.05, 4.69) is 29.4 Å². The Morgan fingerprint density at radius 2 is 2.04 bits per heavy atom. The molecule has 0 radical (unpaired) electrons. The van der Waals surface area contributed by atoms with Crippen molar-refractivity contribution in [3.8, 4) is 0 Å². The molecule has 4 rings (SSSR count). The molecule has 1 aromatic carbocycles. The van der Waals surface area contributed by atoms with Crippen LogP contribution in [-0.2, 0) is 0 Å². The maximum absolute atomic E-state index is 12.3. The number of fused-ring (bicyclic) bond motifs is 1. The summed E-state index contributed by atoms with van der Waals surface area (Å²) in [5.41, 5.74) is 1.28. The van der Waals surface area contributed by atoms with E-state index < -0.39 is 6.10 Å². The van der Waals surface area contributed by atoms with Crippen LogP contribution in [0.25, 0.3) is 10.9 Å². The first-order valence-corrected chi connectivity index (χ1v) is 10.1. The fraction of sp³-hybridized carbons (Fsp3) is 0.600. The number of urea groups is 1. The van der Waals surface area contributed by atoms with Crippen molar-refractivity contribution in [1.82, 2.24) is 20.4 Å². The molecule has 1 aliphatic heterocycles. The molecule has 2 aromatic rings. The van der Waals surface area contributed by atoms with Crippen LogP contribution in [0.1, 0.15) is 51.2 Å². The molecule has 1 aromatic heterocycles. The molecule has 1 saturated carbocycles. The van der Waals surface area contributed by atoms with Gasteiger partial charge < -0.3 is 15.3 Å². The van der Waals surface area contributed by atoms with Gasteiger partial charge in [-0.2, -0.15) is 5.10 Å². The van der Waals surface area contributed by atoms with Crippen molar-refractivity contribution < 1.29 is 9.90 Å². The number of carbonyl (C=O) groups is 1. The number of aliphatic hydroxyl groups excluding tert-OH is 1. The summed E-state index contributed by atoms with van der Waals surface area (Å²) in [5, 5.41) is 22.9. The predicted octanol–water partition coefficient (Wildman–Crippen LogP) is 3.86. The first kappa shape index (κ1) is 18.6. The van der Waals surface area contributed by atoms with Crippen molar-refractivity contribution in [2.45, 2.75) is 51.7 Å². The van der Waals surface area contributed by atoms with Crippen LogP contribution in [0.15, 0.2) is 18.3 Å². The second kappa shape index (κ2) is 6.99. The van der Waals surface area contributed by atoms with Crippen LogP contribution in [0, 0.1) is 11.3 Å². The van der Waals surface area contributed by atoms with Gasteiger partial charge in [-0.15, -0.1) is 0 Å². The fourth-order valence-corrected chi connectivity index (χ4v) is 4.44. The molecule has 6 nitrogen and oxygen atoms in total. The van der Waals surface area contributed by atoms with E-state index >= 15 is 0 Å². The number of nitrogens with zero attached hydrogens (tertiary/aromatic N) is 2. The molecular weight excluding hydrogens is 364 g/mol. The van der Waals surface area contributed by atoms with E-state index in [1.807, 2.05) is 17.0 Å². The number of aromatic nitrogens is 2. The molecule has 2 aliphatic rings. The molecule has 1 aliphatic carbocycles. The third-order valence-electron chi connectivity index (χ3n) is 6.28. The van der Waals surface area contributed by atoms with Crippen LogP contribution in [0.3, 0.4) is 0 Å². The summed E-state index contributed by atoms with van der Waals surface area (Å²) < 4.78 is 0. The zero-order valence-corrected chi connectivity index (χ0v) is 16.6. The third kappa shape index (κ3) is 3.65. The van der Waals surface area contributed by atoms with Crippen molar-refractivity contribution in [3.63, 3.8) is 0 Å². The van der Waals surface area contributed by atoms with Gasteiger partial charge in [0.2, 0.25) is 0 Å². The maximum Gasteiger partial charge on any atom is 0.317 e. The summed E-state index contributed by atoms with van der Waals surface area (Å²) in [6, 6.07) is 4.12. The quantitative estimate of drug-likeness (QED) is 0.741. The molecule has 7 heteroatoms. The second-order valence-corrected chi connectivity index (χ2v) is 8.97. The Bertz CT molecular complexity index is 838. The second-order valence-electron chi connectivity index (χ2n) is 8.54. The smallest absolute Gasteiger partial charge is 0.317 e. The predicted molar refractivity (Wildman–Crippen MR) is 106 cm³/mol. The topological polar surface area (TPSA) is 81.2 Å². The van der Waals surface area contributed by atoms with E-state index in [4.69, 9.17) is 11.6 Å². The van der Waals surface area contributed by atoms with Crippen molar-refractivity contribution in [1.29, 1.82) is 0 Å². The minimum absolute atomic E-state index is 0.0586. The van der Waals surface area contributed by atoms with Crippen LogP contribution in [0.2, 0.25) is 5.02 Å². The van der Waals surface area contributed by atoms with Crippen molar-refractivity contribution >= 4 is 28.5 Å². The van der Waals surface area contributed by atoms with Gasteiger partial charge in [-0.1, -0.05) is 25.4 Å². The standard InChI is InChI=1S/C20H27ClN4O2/c1-20(2,13-5-7-25(8-6-13)19(27)23-15-3-4-15)18(26)16-10-14(21)9-12-11-22-24-17(12)16/h9-11,13,15,18,26H,3-8H2,1-2H3,(H,22,24)(H,23,27). The number of likely N-dealkylation sites (tertiary alicyclic amines) is 1. The number of carbonyl (C=O) groups excluding carboxylic acids is 1. The molecule has 146 valence electrons. The summed E-state index contributed by atoms with van der Waals surface area (Å²) >= 11 is 6.26. The van der Waals surface area contributed by atoms with Gasteiger partial charge in [0.15, 0.2) is 0 Å². The number of aliphatic hydroxyl groups is 1. The van der Waals surface area contributed by atoms with E-state index in [1.165, 1.54) is 0 Å². The lowest BCUT2D eigenvalue weighted by atomic mass is 9.68. The number of amides is 2. The lowest BCUT2D eigenvalue weighted by Crippen LogP contribution is -2.47. The highest BCUT2D eigenvalue weighted by atomic mass is 35.5. The summed E-state index contributed by atoms with van der Waals surface area (Å²) in [5.74, 6) is 0.314. The molecule has 2 amide bonds. The van der Waals surface area contributed by atoms with Crippen LogP contribution in [-0.4, -0.2) is 45.4 Å². The first-order valence-electron chi connectivity index (χ1n) is 9.72. The van der Waals surface area contributed by atoms with Gasteiger partial charge >= 0.3 is 6.03 Å². The van der Waals surface area contributed by atoms with Gasteiger partial charge in [-0.3, -0.25) is 5.10 Å². The van der Waals surface area contributed by atoms with E-state index in [9.17, 15) is 9.90 Å². The average Bonchev–Trinajstić information content (AvgIpc) is 3.34. The molecule has 2 fully saturated rings. The summed E-state index contributed by atoms with van der Waals surface area (Å²) in [7, 11) is 0. The van der Waals surface area contributed by atoms with Crippen LogP contribution >= 0.6 is 11.6 Å². The zero-order valence-electron chi connectivity index (χ0n) is 15.8. The number of H-pyrrole nitrogens is 1. The number of piperidine rings is 1. The number of hydrogen-bond acceptors (Lipinski definition) is 3. The van der Waals surface area contributed by atoms with Crippen LogP contribution < -0.4 is 5.32 Å².